The molecular weight excluding hydrogens is 249 g/mol. The number of benzene rings is 1. The Morgan fingerprint density at radius 2 is 1.94 bits per heavy atom. The number of amides is 1. The maximum Gasteiger partial charge on any atom is 0.422 e. The molecule has 1 aromatic carbocycles. The number of rotatable bonds is 3. The summed E-state index contributed by atoms with van der Waals surface area (Å²) >= 11 is 0. The molecular formula is C11H9F3N2O2. The molecule has 1 N–H and O–H groups in total. The van der Waals surface area contributed by atoms with E-state index in [1.807, 2.05) is 6.07 Å². The predicted molar refractivity (Wildman–Crippen MR) is 56.8 cm³/mol. The smallest absolute Gasteiger partial charge is 0.422 e. The Balaban J connectivity index is 2.47. The van der Waals surface area contributed by atoms with Crippen LogP contribution in [0, 0.1) is 11.3 Å². The summed E-state index contributed by atoms with van der Waals surface area (Å²) in [5.74, 6) is 0. The van der Waals surface area contributed by atoms with Crippen LogP contribution in [-0.2, 0) is 11.2 Å². The van der Waals surface area contributed by atoms with Crippen LogP contribution in [0.4, 0.5) is 23.7 Å². The van der Waals surface area contributed by atoms with E-state index in [-0.39, 0.29) is 6.42 Å². The lowest BCUT2D eigenvalue weighted by atomic mass is 10.1. The van der Waals surface area contributed by atoms with E-state index in [0.717, 1.165) is 5.56 Å². The Morgan fingerprint density at radius 1 is 1.33 bits per heavy atom. The second kappa shape index (κ2) is 5.91. The summed E-state index contributed by atoms with van der Waals surface area (Å²) in [6.45, 7) is -1.63. The van der Waals surface area contributed by atoms with Crippen molar-refractivity contribution in [1.82, 2.24) is 0 Å². The summed E-state index contributed by atoms with van der Waals surface area (Å²) in [4.78, 5) is 11.0. The molecule has 18 heavy (non-hydrogen) atoms. The van der Waals surface area contributed by atoms with Gasteiger partial charge in [0.25, 0.3) is 0 Å². The first-order chi connectivity index (χ1) is 8.40. The highest BCUT2D eigenvalue weighted by Gasteiger charge is 2.29. The van der Waals surface area contributed by atoms with Crippen molar-refractivity contribution < 1.29 is 22.7 Å². The van der Waals surface area contributed by atoms with Crippen LogP contribution in [0.15, 0.2) is 24.3 Å². The fourth-order valence-corrected chi connectivity index (χ4v) is 1.10. The lowest BCUT2D eigenvalue weighted by Gasteiger charge is -2.09. The van der Waals surface area contributed by atoms with Gasteiger partial charge >= 0.3 is 12.3 Å². The van der Waals surface area contributed by atoms with Gasteiger partial charge in [-0.2, -0.15) is 18.4 Å². The Bertz CT molecular complexity index is 449. The molecule has 0 bridgehead atoms. The van der Waals surface area contributed by atoms with Gasteiger partial charge in [0.1, 0.15) is 0 Å². The van der Waals surface area contributed by atoms with Gasteiger partial charge in [0.15, 0.2) is 6.61 Å². The van der Waals surface area contributed by atoms with E-state index < -0.39 is 18.9 Å². The minimum Gasteiger partial charge on any atom is -0.440 e. The Kier molecular flexibility index (Phi) is 4.54. The van der Waals surface area contributed by atoms with Crippen molar-refractivity contribution in [3.63, 3.8) is 0 Å². The third-order valence-corrected chi connectivity index (χ3v) is 1.85. The molecule has 0 unspecified atom stereocenters. The van der Waals surface area contributed by atoms with Crippen LogP contribution < -0.4 is 5.32 Å². The van der Waals surface area contributed by atoms with E-state index in [2.05, 4.69) is 10.1 Å². The number of alkyl halides is 3. The lowest BCUT2D eigenvalue weighted by molar-refractivity contribution is -0.159. The maximum atomic E-state index is 11.8. The molecule has 7 heteroatoms. The van der Waals surface area contributed by atoms with Crippen LogP contribution >= 0.6 is 0 Å². The highest BCUT2D eigenvalue weighted by atomic mass is 19.4. The molecule has 96 valence electrons. The Labute approximate surface area is 101 Å². The first-order valence-electron chi connectivity index (χ1n) is 4.87. The summed E-state index contributed by atoms with van der Waals surface area (Å²) in [6.07, 6.45) is -5.51. The maximum absolute atomic E-state index is 11.8. The number of hydrogen-bond donors (Lipinski definition) is 1. The Morgan fingerprint density at radius 3 is 2.44 bits per heavy atom. The first kappa shape index (κ1) is 13.8. The standard InChI is InChI=1S/C11H9F3N2O2/c12-11(13,14)7-18-10(17)16-9-3-1-8(2-4-9)5-6-15/h1-4H,5,7H2,(H,16,17). The number of hydrogen-bond acceptors (Lipinski definition) is 3. The molecule has 1 amide bonds. The second-order valence-electron chi connectivity index (χ2n) is 3.35. The highest BCUT2D eigenvalue weighted by molar-refractivity contribution is 5.84. The van der Waals surface area contributed by atoms with E-state index >= 15 is 0 Å². The fraction of sp³-hybridized carbons (Fsp3) is 0.273. The third-order valence-electron chi connectivity index (χ3n) is 1.85. The molecule has 0 aliphatic carbocycles. The van der Waals surface area contributed by atoms with Gasteiger partial charge in [0.2, 0.25) is 0 Å². The number of nitrogens with zero attached hydrogens (tertiary/aromatic N) is 1. The lowest BCUT2D eigenvalue weighted by Crippen LogP contribution is -2.23. The number of nitrogens with one attached hydrogen (secondary N) is 1. The van der Waals surface area contributed by atoms with Crippen molar-refractivity contribution in [2.24, 2.45) is 0 Å². The molecule has 0 spiro atoms. The molecule has 0 aliphatic rings. The number of carbonyl (C=O) groups is 1. The quantitative estimate of drug-likeness (QED) is 0.906. The van der Waals surface area contributed by atoms with E-state index in [0.29, 0.717) is 5.69 Å². The Hall–Kier alpha value is -2.23. The van der Waals surface area contributed by atoms with Crippen molar-refractivity contribution >= 4 is 11.8 Å². The van der Waals surface area contributed by atoms with Gasteiger partial charge in [-0.3, -0.25) is 5.32 Å². The minimum atomic E-state index is -4.55. The molecule has 0 aromatic heterocycles. The molecule has 0 saturated carbocycles. The number of nitriles is 1. The van der Waals surface area contributed by atoms with Crippen molar-refractivity contribution in [2.45, 2.75) is 12.6 Å². The fourth-order valence-electron chi connectivity index (χ4n) is 1.10. The summed E-state index contributed by atoms with van der Waals surface area (Å²) in [5, 5.41) is 10.6. The molecule has 0 fully saturated rings. The summed E-state index contributed by atoms with van der Waals surface area (Å²) in [6, 6.07) is 8.06. The van der Waals surface area contributed by atoms with E-state index in [1.165, 1.54) is 12.1 Å². The van der Waals surface area contributed by atoms with Crippen LogP contribution in [0.2, 0.25) is 0 Å². The number of anilines is 1. The van der Waals surface area contributed by atoms with Gasteiger partial charge in [0.05, 0.1) is 12.5 Å². The largest absolute Gasteiger partial charge is 0.440 e. The summed E-state index contributed by atoms with van der Waals surface area (Å²) in [7, 11) is 0. The average molecular weight is 258 g/mol. The van der Waals surface area contributed by atoms with Crippen molar-refractivity contribution in [3.8, 4) is 6.07 Å². The van der Waals surface area contributed by atoms with Crippen LogP contribution in [0.25, 0.3) is 0 Å². The van der Waals surface area contributed by atoms with Crippen molar-refractivity contribution in [3.05, 3.63) is 29.8 Å². The number of carbonyl (C=O) groups excluding carboxylic acids is 1. The van der Waals surface area contributed by atoms with Gasteiger partial charge in [-0.15, -0.1) is 0 Å². The van der Waals surface area contributed by atoms with E-state index in [9.17, 15) is 18.0 Å². The van der Waals surface area contributed by atoms with Crippen LogP contribution in [0.1, 0.15) is 5.56 Å². The number of ether oxygens (including phenoxy) is 1. The predicted octanol–water partition coefficient (Wildman–Crippen LogP) is 2.86. The average Bonchev–Trinajstić information content (AvgIpc) is 2.29. The van der Waals surface area contributed by atoms with Crippen molar-refractivity contribution in [1.29, 1.82) is 5.26 Å². The van der Waals surface area contributed by atoms with Gasteiger partial charge < -0.3 is 4.74 Å². The van der Waals surface area contributed by atoms with E-state index in [4.69, 9.17) is 5.26 Å². The second-order valence-corrected chi connectivity index (χ2v) is 3.35. The monoisotopic (exact) mass is 258 g/mol. The molecule has 4 nitrogen and oxygen atoms in total. The zero-order valence-corrected chi connectivity index (χ0v) is 9.12. The zero-order chi connectivity index (χ0) is 13.6. The molecule has 0 heterocycles. The topological polar surface area (TPSA) is 62.1 Å². The van der Waals surface area contributed by atoms with Crippen LogP contribution in [0.5, 0.6) is 0 Å². The van der Waals surface area contributed by atoms with Gasteiger partial charge in [-0.05, 0) is 17.7 Å². The molecule has 0 atom stereocenters. The normalized spacial score (nSPS) is 10.6. The van der Waals surface area contributed by atoms with Crippen LogP contribution in [0.3, 0.4) is 0 Å². The molecule has 1 rings (SSSR count). The molecule has 0 aliphatic heterocycles. The number of halogens is 3. The first-order valence-corrected chi connectivity index (χ1v) is 4.87. The van der Waals surface area contributed by atoms with Crippen molar-refractivity contribution in [2.75, 3.05) is 11.9 Å². The van der Waals surface area contributed by atoms with Crippen LogP contribution in [-0.4, -0.2) is 18.9 Å². The third kappa shape index (κ3) is 5.21. The van der Waals surface area contributed by atoms with Gasteiger partial charge in [0, 0.05) is 5.69 Å². The molecule has 0 saturated heterocycles. The van der Waals surface area contributed by atoms with Gasteiger partial charge in [-0.1, -0.05) is 12.1 Å². The molecule has 1 aromatic rings. The summed E-state index contributed by atoms with van der Waals surface area (Å²) < 4.78 is 39.2. The minimum absolute atomic E-state index is 0.221. The molecule has 0 radical (unpaired) electrons. The SMILES string of the molecule is N#CCc1ccc(NC(=O)OCC(F)(F)F)cc1. The zero-order valence-electron chi connectivity index (χ0n) is 9.12. The summed E-state index contributed by atoms with van der Waals surface area (Å²) in [5.41, 5.74) is 1.04. The highest BCUT2D eigenvalue weighted by Crippen LogP contribution is 2.15. The van der Waals surface area contributed by atoms with Gasteiger partial charge in [-0.25, -0.2) is 4.79 Å². The van der Waals surface area contributed by atoms with E-state index in [1.54, 1.807) is 12.1 Å².